The van der Waals surface area contributed by atoms with Crippen LogP contribution in [0.1, 0.15) is 84.4 Å². The quantitative estimate of drug-likeness (QED) is 0.338. The first kappa shape index (κ1) is 27.5. The van der Waals surface area contributed by atoms with Crippen molar-refractivity contribution in [3.63, 3.8) is 0 Å². The first-order valence-electron chi connectivity index (χ1n) is 16.4. The number of aliphatic hydroxyl groups excluding tert-OH is 2. The van der Waals surface area contributed by atoms with Crippen molar-refractivity contribution in [3.8, 4) is 11.3 Å². The number of hydrogen-bond acceptors (Lipinski definition) is 4. The van der Waals surface area contributed by atoms with Gasteiger partial charge in [0.25, 0.3) is 0 Å². The number of aliphatic hydroxyl groups is 2. The van der Waals surface area contributed by atoms with Gasteiger partial charge in [-0.25, -0.2) is 9.97 Å². The van der Waals surface area contributed by atoms with Gasteiger partial charge in [0.15, 0.2) is 0 Å². The molecule has 4 nitrogen and oxygen atoms in total. The SMILES string of the molecule is C[C@H](CCc1nc(-c2ccccc2)c2ccccc2n1)[C@H]1CC[C@H]2[C@H]3C(CC[C@]12C)[C@@]1(C)CC[C@@H](O)C[C@H]1C[C@@H]3O. The summed E-state index contributed by atoms with van der Waals surface area (Å²) in [6, 6.07) is 18.9. The maximum absolute atomic E-state index is 11.6. The van der Waals surface area contributed by atoms with Gasteiger partial charge in [0.1, 0.15) is 5.82 Å². The molecule has 2 N–H and O–H groups in total. The van der Waals surface area contributed by atoms with Crippen LogP contribution in [0, 0.1) is 46.3 Å². The zero-order valence-corrected chi connectivity index (χ0v) is 25.2. The van der Waals surface area contributed by atoms with Crippen LogP contribution in [0.25, 0.3) is 22.2 Å². The van der Waals surface area contributed by atoms with Crippen molar-refractivity contribution in [1.29, 1.82) is 0 Å². The fraction of sp³-hybridized carbons (Fsp3) is 0.622. The predicted octanol–water partition coefficient (Wildman–Crippen LogP) is 7.86. The molecule has 0 amide bonds. The Bertz CT molecular complexity index is 1390. The molecule has 7 rings (SSSR count). The lowest BCUT2D eigenvalue weighted by Crippen LogP contribution is -2.58. The van der Waals surface area contributed by atoms with Gasteiger partial charge in [0, 0.05) is 17.4 Å². The van der Waals surface area contributed by atoms with E-state index in [9.17, 15) is 10.2 Å². The maximum atomic E-state index is 11.6. The second-order valence-corrected chi connectivity index (χ2v) is 14.8. The lowest BCUT2D eigenvalue weighted by atomic mass is 9.43. The molecule has 4 aliphatic rings. The molecule has 218 valence electrons. The van der Waals surface area contributed by atoms with Crippen LogP contribution >= 0.6 is 0 Å². The Kier molecular flexibility index (Phi) is 7.02. The Morgan fingerprint density at radius 3 is 2.39 bits per heavy atom. The molecule has 41 heavy (non-hydrogen) atoms. The number of para-hydroxylation sites is 1. The van der Waals surface area contributed by atoms with Crippen LogP contribution in [-0.2, 0) is 6.42 Å². The summed E-state index contributed by atoms with van der Waals surface area (Å²) in [5, 5.41) is 23.1. The van der Waals surface area contributed by atoms with Gasteiger partial charge in [0.2, 0.25) is 0 Å². The zero-order chi connectivity index (χ0) is 28.4. The molecule has 10 atom stereocenters. The van der Waals surface area contributed by atoms with Crippen LogP contribution in [0.2, 0.25) is 0 Å². The van der Waals surface area contributed by atoms with Crippen molar-refractivity contribution in [1.82, 2.24) is 9.97 Å². The van der Waals surface area contributed by atoms with Crippen LogP contribution in [0.5, 0.6) is 0 Å². The van der Waals surface area contributed by atoms with Crippen molar-refractivity contribution in [2.24, 2.45) is 46.3 Å². The third-order valence-corrected chi connectivity index (χ3v) is 12.9. The number of nitrogens with zero attached hydrogens (tertiary/aromatic N) is 2. The van der Waals surface area contributed by atoms with Crippen molar-refractivity contribution >= 4 is 10.9 Å². The zero-order valence-electron chi connectivity index (χ0n) is 25.2. The molecule has 4 fully saturated rings. The van der Waals surface area contributed by atoms with Gasteiger partial charge in [-0.2, -0.15) is 0 Å². The fourth-order valence-corrected chi connectivity index (χ4v) is 10.8. The Labute approximate surface area is 246 Å². The minimum Gasteiger partial charge on any atom is -0.393 e. The minimum absolute atomic E-state index is 0.169. The Morgan fingerprint density at radius 1 is 0.829 bits per heavy atom. The van der Waals surface area contributed by atoms with E-state index in [-0.39, 0.29) is 17.6 Å². The number of aromatic nitrogens is 2. The molecule has 0 spiro atoms. The van der Waals surface area contributed by atoms with E-state index < -0.39 is 0 Å². The van der Waals surface area contributed by atoms with Gasteiger partial charge >= 0.3 is 0 Å². The van der Waals surface area contributed by atoms with Crippen molar-refractivity contribution in [2.45, 2.75) is 97.2 Å². The van der Waals surface area contributed by atoms with E-state index in [0.717, 1.165) is 66.5 Å². The Morgan fingerprint density at radius 2 is 1.56 bits per heavy atom. The summed E-state index contributed by atoms with van der Waals surface area (Å²) < 4.78 is 0. The number of benzene rings is 2. The first-order chi connectivity index (χ1) is 19.8. The molecule has 0 radical (unpaired) electrons. The summed E-state index contributed by atoms with van der Waals surface area (Å²) in [5.41, 5.74) is 3.82. The first-order valence-corrected chi connectivity index (χ1v) is 16.4. The highest BCUT2D eigenvalue weighted by Crippen LogP contribution is 2.68. The highest BCUT2D eigenvalue weighted by molar-refractivity contribution is 5.92. The standard InChI is InChI=1S/C37H48N2O2/c1-23(13-16-33-38-31-12-8-7-11-27(31)35(39-33)24-9-5-4-6-10-24)28-14-15-29-34-30(18-20-37(28,29)3)36(2)19-17-26(40)21-25(36)22-32(34)41/h4-12,23,25-26,28-30,32,34,40-41H,13-22H2,1-3H3/t23-,25+,26-,28-,29+,30?,32+,34+,36+,37-/m1/s1. The third-order valence-electron chi connectivity index (χ3n) is 12.9. The average molecular weight is 553 g/mol. The lowest BCUT2D eigenvalue weighted by Gasteiger charge is -2.62. The van der Waals surface area contributed by atoms with Crippen LogP contribution < -0.4 is 0 Å². The monoisotopic (exact) mass is 552 g/mol. The normalized spacial score (nSPS) is 39.1. The Balaban J connectivity index is 1.09. The van der Waals surface area contributed by atoms with Crippen LogP contribution in [0.15, 0.2) is 54.6 Å². The minimum atomic E-state index is -0.204. The second-order valence-electron chi connectivity index (χ2n) is 14.8. The van der Waals surface area contributed by atoms with Gasteiger partial charge < -0.3 is 10.2 Å². The molecule has 2 aromatic carbocycles. The molecule has 1 unspecified atom stereocenters. The largest absolute Gasteiger partial charge is 0.393 e. The highest BCUT2D eigenvalue weighted by atomic mass is 16.3. The fourth-order valence-electron chi connectivity index (χ4n) is 10.8. The van der Waals surface area contributed by atoms with Crippen molar-refractivity contribution in [2.75, 3.05) is 0 Å². The molecular formula is C37H48N2O2. The van der Waals surface area contributed by atoms with E-state index in [0.29, 0.717) is 40.9 Å². The summed E-state index contributed by atoms with van der Waals surface area (Å²) in [4.78, 5) is 10.1. The average Bonchev–Trinajstić information content (AvgIpc) is 3.34. The Hall–Kier alpha value is -2.30. The molecule has 0 saturated heterocycles. The van der Waals surface area contributed by atoms with Crippen LogP contribution in [0.4, 0.5) is 0 Å². The van der Waals surface area contributed by atoms with Crippen molar-refractivity contribution < 1.29 is 10.2 Å². The molecule has 4 heteroatoms. The molecule has 0 bridgehead atoms. The van der Waals surface area contributed by atoms with E-state index in [1.165, 1.54) is 25.7 Å². The van der Waals surface area contributed by atoms with Gasteiger partial charge in [-0.3, -0.25) is 0 Å². The summed E-state index contributed by atoms with van der Waals surface area (Å²) in [6.45, 7) is 7.56. The summed E-state index contributed by atoms with van der Waals surface area (Å²) in [7, 11) is 0. The lowest BCUT2D eigenvalue weighted by molar-refractivity contribution is -0.174. The molecule has 3 aromatic rings. The summed E-state index contributed by atoms with van der Waals surface area (Å²) in [5.74, 6) is 4.39. The van der Waals surface area contributed by atoms with Gasteiger partial charge in [0.05, 0.1) is 23.4 Å². The second kappa shape index (κ2) is 10.5. The smallest absolute Gasteiger partial charge is 0.129 e. The van der Waals surface area contributed by atoms with E-state index in [4.69, 9.17) is 9.97 Å². The van der Waals surface area contributed by atoms with Crippen LogP contribution in [0.3, 0.4) is 0 Å². The molecule has 1 heterocycles. The van der Waals surface area contributed by atoms with E-state index in [1.54, 1.807) is 0 Å². The number of hydrogen-bond donors (Lipinski definition) is 2. The number of rotatable bonds is 5. The van der Waals surface area contributed by atoms with Crippen molar-refractivity contribution in [3.05, 3.63) is 60.4 Å². The third kappa shape index (κ3) is 4.56. The topological polar surface area (TPSA) is 66.2 Å². The van der Waals surface area contributed by atoms with E-state index >= 15 is 0 Å². The maximum Gasteiger partial charge on any atom is 0.129 e. The van der Waals surface area contributed by atoms with Gasteiger partial charge in [-0.1, -0.05) is 69.3 Å². The van der Waals surface area contributed by atoms with Crippen LogP contribution in [-0.4, -0.2) is 32.4 Å². The summed E-state index contributed by atoms with van der Waals surface area (Å²) in [6.07, 6.45) is 10.6. The molecule has 4 aliphatic carbocycles. The molecule has 1 aromatic heterocycles. The predicted molar refractivity (Wildman–Crippen MR) is 165 cm³/mol. The van der Waals surface area contributed by atoms with E-state index in [2.05, 4.69) is 75.4 Å². The molecular weight excluding hydrogens is 504 g/mol. The van der Waals surface area contributed by atoms with E-state index in [1.807, 2.05) is 0 Å². The summed E-state index contributed by atoms with van der Waals surface area (Å²) >= 11 is 0. The molecule has 4 saturated carbocycles. The number of aryl methyl sites for hydroxylation is 1. The molecule has 0 aliphatic heterocycles. The number of fused-ring (bicyclic) bond motifs is 6. The van der Waals surface area contributed by atoms with Gasteiger partial charge in [-0.15, -0.1) is 0 Å². The highest BCUT2D eigenvalue weighted by Gasteiger charge is 2.62. The van der Waals surface area contributed by atoms with Gasteiger partial charge in [-0.05, 0) is 110 Å².